The maximum atomic E-state index is 10.8. The zero-order valence-electron chi connectivity index (χ0n) is 11.4. The lowest BCUT2D eigenvalue weighted by Crippen LogP contribution is -2.41. The first-order valence-corrected chi connectivity index (χ1v) is 8.61. The maximum Gasteiger partial charge on any atom is 0.107 e. The Kier molecular flexibility index (Phi) is 4.69. The fraction of sp³-hybridized carbons (Fsp3) is 0.714. The van der Waals surface area contributed by atoms with Crippen molar-refractivity contribution in [3.8, 4) is 0 Å². The van der Waals surface area contributed by atoms with E-state index in [2.05, 4.69) is 29.8 Å². The molecule has 0 aromatic carbocycles. The molecule has 0 saturated heterocycles. The highest BCUT2D eigenvalue weighted by molar-refractivity contribution is 9.10. The van der Waals surface area contributed by atoms with Crippen molar-refractivity contribution in [2.45, 2.75) is 45.6 Å². The number of thiophene rings is 1. The second kappa shape index (κ2) is 5.64. The maximum absolute atomic E-state index is 10.8. The first kappa shape index (κ1) is 15.8. The SMILES string of the molecule is CC1(C)CCC(CN)(C(O)c2cc(Br)c(Cl)s2)CC1. The minimum absolute atomic E-state index is 0.191. The predicted octanol–water partition coefficient (Wildman–Crippen LogP) is 4.74. The third kappa shape index (κ3) is 3.18. The largest absolute Gasteiger partial charge is 0.387 e. The molecule has 1 aliphatic rings. The molecule has 3 N–H and O–H groups in total. The Bertz CT molecular complexity index is 431. The van der Waals surface area contributed by atoms with E-state index in [9.17, 15) is 5.11 Å². The monoisotopic (exact) mass is 365 g/mol. The molecule has 1 saturated carbocycles. The Morgan fingerprint density at radius 1 is 1.42 bits per heavy atom. The molecule has 1 fully saturated rings. The highest BCUT2D eigenvalue weighted by atomic mass is 79.9. The van der Waals surface area contributed by atoms with Crippen LogP contribution in [0.3, 0.4) is 0 Å². The van der Waals surface area contributed by atoms with E-state index < -0.39 is 6.10 Å². The van der Waals surface area contributed by atoms with E-state index in [1.165, 1.54) is 11.3 Å². The lowest BCUT2D eigenvalue weighted by atomic mass is 9.62. The number of hydrogen-bond acceptors (Lipinski definition) is 3. The Labute approximate surface area is 132 Å². The van der Waals surface area contributed by atoms with E-state index >= 15 is 0 Å². The number of halogens is 2. The van der Waals surface area contributed by atoms with Gasteiger partial charge in [-0.3, -0.25) is 0 Å². The molecular formula is C14H21BrClNOS. The van der Waals surface area contributed by atoms with Crippen LogP contribution < -0.4 is 5.73 Å². The van der Waals surface area contributed by atoms with E-state index in [0.29, 0.717) is 16.3 Å². The fourth-order valence-corrected chi connectivity index (χ4v) is 4.68. The molecule has 108 valence electrons. The molecule has 2 rings (SSSR count). The zero-order valence-corrected chi connectivity index (χ0v) is 14.5. The van der Waals surface area contributed by atoms with Gasteiger partial charge in [0, 0.05) is 21.3 Å². The number of aliphatic hydroxyl groups is 1. The second-order valence-electron chi connectivity index (χ2n) is 6.40. The number of nitrogens with two attached hydrogens (primary N) is 1. The predicted molar refractivity (Wildman–Crippen MR) is 85.7 cm³/mol. The first-order chi connectivity index (χ1) is 8.80. The van der Waals surface area contributed by atoms with Gasteiger partial charge in [-0.15, -0.1) is 11.3 Å². The lowest BCUT2D eigenvalue weighted by molar-refractivity contribution is -0.0215. The highest BCUT2D eigenvalue weighted by Crippen LogP contribution is 2.52. The number of rotatable bonds is 3. The van der Waals surface area contributed by atoms with Gasteiger partial charge in [0.15, 0.2) is 0 Å². The average molecular weight is 367 g/mol. The number of hydrogen-bond donors (Lipinski definition) is 2. The van der Waals surface area contributed by atoms with Crippen molar-refractivity contribution >= 4 is 38.9 Å². The van der Waals surface area contributed by atoms with E-state index in [4.69, 9.17) is 17.3 Å². The fourth-order valence-electron chi connectivity index (χ4n) is 2.81. The molecule has 0 amide bonds. The Balaban J connectivity index is 2.22. The van der Waals surface area contributed by atoms with Crippen LogP contribution in [-0.2, 0) is 0 Å². The molecule has 1 atom stereocenters. The highest BCUT2D eigenvalue weighted by Gasteiger charge is 2.43. The van der Waals surface area contributed by atoms with Gasteiger partial charge in [-0.2, -0.15) is 0 Å². The van der Waals surface area contributed by atoms with Crippen LogP contribution in [0.1, 0.15) is 50.5 Å². The molecule has 1 aliphatic carbocycles. The van der Waals surface area contributed by atoms with E-state index in [1.807, 2.05) is 6.07 Å². The van der Waals surface area contributed by atoms with Crippen molar-refractivity contribution in [1.82, 2.24) is 0 Å². The zero-order chi connectivity index (χ0) is 14.3. The minimum Gasteiger partial charge on any atom is -0.387 e. The smallest absolute Gasteiger partial charge is 0.107 e. The summed E-state index contributed by atoms with van der Waals surface area (Å²) in [7, 11) is 0. The van der Waals surface area contributed by atoms with Gasteiger partial charge in [0.2, 0.25) is 0 Å². The van der Waals surface area contributed by atoms with Gasteiger partial charge in [-0.25, -0.2) is 0 Å². The molecule has 0 aliphatic heterocycles. The quantitative estimate of drug-likeness (QED) is 0.811. The van der Waals surface area contributed by atoms with E-state index in [-0.39, 0.29) is 5.41 Å². The molecule has 0 bridgehead atoms. The van der Waals surface area contributed by atoms with Crippen LogP contribution in [0.4, 0.5) is 0 Å². The molecule has 5 heteroatoms. The summed E-state index contributed by atoms with van der Waals surface area (Å²) in [6.45, 7) is 5.11. The van der Waals surface area contributed by atoms with Crippen molar-refractivity contribution in [2.75, 3.05) is 6.54 Å². The summed E-state index contributed by atoms with van der Waals surface area (Å²) in [4.78, 5) is 0.919. The van der Waals surface area contributed by atoms with Crippen LogP contribution >= 0.6 is 38.9 Å². The van der Waals surface area contributed by atoms with Gasteiger partial charge < -0.3 is 10.8 Å². The van der Waals surface area contributed by atoms with Crippen LogP contribution in [0.15, 0.2) is 10.5 Å². The van der Waals surface area contributed by atoms with Crippen molar-refractivity contribution < 1.29 is 5.11 Å². The average Bonchev–Trinajstić information content (AvgIpc) is 2.70. The minimum atomic E-state index is -0.512. The van der Waals surface area contributed by atoms with Crippen molar-refractivity contribution in [3.63, 3.8) is 0 Å². The van der Waals surface area contributed by atoms with Crippen LogP contribution in [0.2, 0.25) is 4.34 Å². The Morgan fingerprint density at radius 2 is 2.00 bits per heavy atom. The summed E-state index contributed by atoms with van der Waals surface area (Å²) in [6, 6.07) is 1.93. The van der Waals surface area contributed by atoms with Gasteiger partial charge in [-0.1, -0.05) is 25.4 Å². The van der Waals surface area contributed by atoms with Crippen LogP contribution in [0.25, 0.3) is 0 Å². The molecule has 19 heavy (non-hydrogen) atoms. The van der Waals surface area contributed by atoms with Crippen molar-refractivity contribution in [2.24, 2.45) is 16.6 Å². The lowest BCUT2D eigenvalue weighted by Gasteiger charge is -2.45. The van der Waals surface area contributed by atoms with Crippen LogP contribution in [0.5, 0.6) is 0 Å². The molecule has 1 aromatic rings. The summed E-state index contributed by atoms with van der Waals surface area (Å²) in [6.07, 6.45) is 3.67. The van der Waals surface area contributed by atoms with E-state index in [1.54, 1.807) is 0 Å². The van der Waals surface area contributed by atoms with Gasteiger partial charge in [0.1, 0.15) is 4.34 Å². The van der Waals surface area contributed by atoms with Crippen molar-refractivity contribution in [3.05, 3.63) is 19.8 Å². The molecule has 1 aromatic heterocycles. The summed E-state index contributed by atoms with van der Waals surface area (Å²) in [5.41, 5.74) is 6.19. The van der Waals surface area contributed by atoms with Crippen LogP contribution in [-0.4, -0.2) is 11.7 Å². The van der Waals surface area contributed by atoms with Gasteiger partial charge in [-0.05, 0) is 53.1 Å². The van der Waals surface area contributed by atoms with E-state index in [0.717, 1.165) is 35.0 Å². The normalized spacial score (nSPS) is 23.3. The van der Waals surface area contributed by atoms with Gasteiger partial charge >= 0.3 is 0 Å². The molecule has 1 heterocycles. The molecule has 2 nitrogen and oxygen atoms in total. The Hall–Kier alpha value is 0.390. The topological polar surface area (TPSA) is 46.2 Å². The molecule has 0 radical (unpaired) electrons. The number of aliphatic hydroxyl groups excluding tert-OH is 1. The summed E-state index contributed by atoms with van der Waals surface area (Å²) in [5, 5.41) is 10.8. The molecular weight excluding hydrogens is 346 g/mol. The standard InChI is InChI=1S/C14H21BrClNOS/c1-13(2)3-5-14(8-17,6-4-13)11(18)10-7-9(15)12(16)19-10/h7,11,18H,3-6,8,17H2,1-2H3. The third-order valence-electron chi connectivity index (χ3n) is 4.52. The third-order valence-corrected chi connectivity index (χ3v) is 7.05. The second-order valence-corrected chi connectivity index (χ2v) is 8.94. The Morgan fingerprint density at radius 3 is 2.42 bits per heavy atom. The molecule has 0 spiro atoms. The summed E-state index contributed by atoms with van der Waals surface area (Å²) in [5.74, 6) is 0. The molecule has 1 unspecified atom stereocenters. The van der Waals surface area contributed by atoms with Crippen molar-refractivity contribution in [1.29, 1.82) is 0 Å². The van der Waals surface area contributed by atoms with Crippen LogP contribution in [0, 0.1) is 10.8 Å². The first-order valence-electron chi connectivity index (χ1n) is 6.63. The van der Waals surface area contributed by atoms with Gasteiger partial charge in [0.05, 0.1) is 6.10 Å². The summed E-state index contributed by atoms with van der Waals surface area (Å²) >= 11 is 10.9. The van der Waals surface area contributed by atoms with Gasteiger partial charge in [0.25, 0.3) is 0 Å². The summed E-state index contributed by atoms with van der Waals surface area (Å²) < 4.78 is 1.55.